The van der Waals surface area contributed by atoms with Crippen LogP contribution in [0.4, 0.5) is 0 Å². The van der Waals surface area contributed by atoms with Gasteiger partial charge in [0.1, 0.15) is 5.75 Å². The summed E-state index contributed by atoms with van der Waals surface area (Å²) in [5.74, 6) is 0.566. The van der Waals surface area contributed by atoms with E-state index >= 15 is 0 Å². The summed E-state index contributed by atoms with van der Waals surface area (Å²) in [5, 5.41) is 0. The molecule has 1 atom stereocenters. The first-order valence-electron chi connectivity index (χ1n) is 6.65. The molecule has 0 radical (unpaired) electrons. The van der Waals surface area contributed by atoms with Crippen molar-refractivity contribution in [3.05, 3.63) is 65.7 Å². The summed E-state index contributed by atoms with van der Waals surface area (Å²) in [7, 11) is -3.18. The summed E-state index contributed by atoms with van der Waals surface area (Å²) >= 11 is 0. The normalized spacial score (nSPS) is 13.7. The second-order valence-electron chi connectivity index (χ2n) is 4.58. The van der Waals surface area contributed by atoms with Crippen LogP contribution in [0.5, 0.6) is 5.75 Å². The van der Waals surface area contributed by atoms with Gasteiger partial charge >= 0.3 is 7.60 Å². The van der Waals surface area contributed by atoms with Crippen LogP contribution in [-0.4, -0.2) is 6.61 Å². The highest BCUT2D eigenvalue weighted by molar-refractivity contribution is 7.53. The molecule has 0 amide bonds. The van der Waals surface area contributed by atoms with E-state index in [0.717, 1.165) is 5.56 Å². The average Bonchev–Trinajstić information content (AvgIpc) is 2.42. The molecular weight excluding hydrogens is 271 g/mol. The summed E-state index contributed by atoms with van der Waals surface area (Å²) in [6.45, 7) is 4.19. The molecule has 0 aromatic heterocycles. The lowest BCUT2D eigenvalue weighted by Gasteiger charge is -2.18. The molecular formula is C16H19O3P. The second-order valence-corrected chi connectivity index (χ2v) is 6.56. The molecule has 0 fully saturated rings. The molecule has 0 aliphatic heterocycles. The lowest BCUT2D eigenvalue weighted by Crippen LogP contribution is -2.01. The quantitative estimate of drug-likeness (QED) is 0.717. The summed E-state index contributed by atoms with van der Waals surface area (Å²) in [6.07, 6.45) is 0.274. The van der Waals surface area contributed by atoms with Gasteiger partial charge in [-0.25, -0.2) is 4.57 Å². The lowest BCUT2D eigenvalue weighted by molar-refractivity contribution is 0.278. The Morgan fingerprint density at radius 3 is 2.25 bits per heavy atom. The fraction of sp³-hybridized carbons (Fsp3) is 0.250. The highest BCUT2D eigenvalue weighted by atomic mass is 31.2. The van der Waals surface area contributed by atoms with E-state index in [9.17, 15) is 4.57 Å². The topological polar surface area (TPSA) is 35.5 Å². The highest BCUT2D eigenvalue weighted by Crippen LogP contribution is 2.51. The van der Waals surface area contributed by atoms with Gasteiger partial charge in [0.15, 0.2) is 0 Å². The molecule has 0 bridgehead atoms. The minimum absolute atomic E-state index is 0.274. The molecule has 0 aliphatic carbocycles. The van der Waals surface area contributed by atoms with Crippen molar-refractivity contribution in [2.45, 2.75) is 20.0 Å². The molecule has 0 spiro atoms. The molecule has 2 rings (SSSR count). The van der Waals surface area contributed by atoms with Crippen LogP contribution in [0.2, 0.25) is 0 Å². The zero-order chi connectivity index (χ0) is 14.4. The van der Waals surface area contributed by atoms with Gasteiger partial charge in [-0.2, -0.15) is 0 Å². The van der Waals surface area contributed by atoms with E-state index in [1.54, 1.807) is 12.1 Å². The van der Waals surface area contributed by atoms with Crippen LogP contribution in [-0.2, 0) is 15.3 Å². The van der Waals surface area contributed by atoms with Gasteiger partial charge in [-0.05, 0) is 31.5 Å². The molecule has 20 heavy (non-hydrogen) atoms. The summed E-state index contributed by atoms with van der Waals surface area (Å²) in [5.41, 5.74) is 2.12. The van der Waals surface area contributed by atoms with E-state index < -0.39 is 7.60 Å². The number of benzene rings is 2. The van der Waals surface area contributed by atoms with Crippen LogP contribution in [0.3, 0.4) is 0 Å². The average molecular weight is 290 g/mol. The second kappa shape index (κ2) is 6.74. The van der Waals surface area contributed by atoms with Crippen molar-refractivity contribution in [2.75, 3.05) is 6.61 Å². The maximum absolute atomic E-state index is 12.8. The Morgan fingerprint density at radius 2 is 1.65 bits per heavy atom. The Bertz CT molecular complexity index is 578. The van der Waals surface area contributed by atoms with E-state index in [1.165, 1.54) is 5.56 Å². The van der Waals surface area contributed by atoms with Gasteiger partial charge in [-0.1, -0.05) is 48.0 Å². The molecule has 2 aromatic carbocycles. The van der Waals surface area contributed by atoms with Crippen molar-refractivity contribution in [3.8, 4) is 5.75 Å². The van der Waals surface area contributed by atoms with E-state index in [0.29, 0.717) is 12.4 Å². The van der Waals surface area contributed by atoms with Gasteiger partial charge in [-0.3, -0.25) is 4.52 Å². The van der Waals surface area contributed by atoms with Crippen LogP contribution < -0.4 is 4.52 Å². The maximum atomic E-state index is 12.8. The number of hydrogen-bond donors (Lipinski definition) is 0. The molecule has 0 N–H and O–H groups in total. The van der Waals surface area contributed by atoms with Gasteiger partial charge in [0.2, 0.25) is 0 Å². The lowest BCUT2D eigenvalue weighted by atomic mass is 10.2. The van der Waals surface area contributed by atoms with Crippen molar-refractivity contribution in [1.82, 2.24) is 0 Å². The van der Waals surface area contributed by atoms with Gasteiger partial charge in [0, 0.05) is 0 Å². The summed E-state index contributed by atoms with van der Waals surface area (Å²) in [6, 6.07) is 17.0. The fourth-order valence-corrected chi connectivity index (χ4v) is 3.56. The Labute approximate surface area is 120 Å². The van der Waals surface area contributed by atoms with E-state index in [2.05, 4.69) is 0 Å². The van der Waals surface area contributed by atoms with Crippen molar-refractivity contribution in [1.29, 1.82) is 0 Å². The van der Waals surface area contributed by atoms with Gasteiger partial charge < -0.3 is 4.52 Å². The van der Waals surface area contributed by atoms with Crippen LogP contribution in [0.1, 0.15) is 18.1 Å². The Kier molecular flexibility index (Phi) is 4.99. The first-order chi connectivity index (χ1) is 9.61. The first kappa shape index (κ1) is 14.8. The van der Waals surface area contributed by atoms with Gasteiger partial charge in [-0.15, -0.1) is 0 Å². The van der Waals surface area contributed by atoms with E-state index in [1.807, 2.05) is 56.3 Å². The summed E-state index contributed by atoms with van der Waals surface area (Å²) < 4.78 is 23.8. The third-order valence-corrected chi connectivity index (χ3v) is 4.70. The van der Waals surface area contributed by atoms with Crippen molar-refractivity contribution in [3.63, 3.8) is 0 Å². The van der Waals surface area contributed by atoms with E-state index in [-0.39, 0.29) is 6.16 Å². The molecule has 0 saturated carbocycles. The molecule has 0 aliphatic rings. The third kappa shape index (κ3) is 4.22. The smallest absolute Gasteiger partial charge is 0.383 e. The van der Waals surface area contributed by atoms with Crippen molar-refractivity contribution >= 4 is 7.60 Å². The Hall–Kier alpha value is -1.57. The number of aryl methyl sites for hydroxylation is 1. The minimum atomic E-state index is -3.18. The van der Waals surface area contributed by atoms with Crippen LogP contribution in [0.15, 0.2) is 54.6 Å². The SMILES string of the molecule is CCOP(=O)(Cc1ccc(C)cc1)Oc1ccccc1. The third-order valence-electron chi connectivity index (χ3n) is 2.81. The largest absolute Gasteiger partial charge is 0.424 e. The Balaban J connectivity index is 2.16. The molecule has 4 heteroatoms. The van der Waals surface area contributed by atoms with Crippen LogP contribution >= 0.6 is 7.60 Å². The molecule has 0 saturated heterocycles. The molecule has 1 unspecified atom stereocenters. The van der Waals surface area contributed by atoms with Crippen molar-refractivity contribution < 1.29 is 13.6 Å². The minimum Gasteiger partial charge on any atom is -0.424 e. The zero-order valence-electron chi connectivity index (χ0n) is 11.8. The molecule has 2 aromatic rings. The number of rotatable bonds is 6. The standard InChI is InChI=1S/C16H19O3P/c1-3-18-20(17,19-16-7-5-4-6-8-16)13-15-11-9-14(2)10-12-15/h4-12H,3,13H2,1-2H3. The van der Waals surface area contributed by atoms with Crippen LogP contribution in [0.25, 0.3) is 0 Å². The summed E-state index contributed by atoms with van der Waals surface area (Å²) in [4.78, 5) is 0. The molecule has 0 heterocycles. The van der Waals surface area contributed by atoms with E-state index in [4.69, 9.17) is 9.05 Å². The first-order valence-corrected chi connectivity index (χ1v) is 8.38. The van der Waals surface area contributed by atoms with Crippen molar-refractivity contribution in [2.24, 2.45) is 0 Å². The van der Waals surface area contributed by atoms with Gasteiger partial charge in [0.25, 0.3) is 0 Å². The number of hydrogen-bond acceptors (Lipinski definition) is 3. The molecule has 106 valence electrons. The predicted molar refractivity (Wildman–Crippen MR) is 81.2 cm³/mol. The monoisotopic (exact) mass is 290 g/mol. The zero-order valence-corrected chi connectivity index (χ0v) is 12.7. The highest BCUT2D eigenvalue weighted by Gasteiger charge is 2.26. The predicted octanol–water partition coefficient (Wildman–Crippen LogP) is 4.80. The Morgan fingerprint density at radius 1 is 1.00 bits per heavy atom. The maximum Gasteiger partial charge on any atom is 0.383 e. The van der Waals surface area contributed by atoms with Crippen LogP contribution in [0, 0.1) is 6.92 Å². The van der Waals surface area contributed by atoms with Gasteiger partial charge in [0.05, 0.1) is 12.8 Å². The number of para-hydroxylation sites is 1. The molecule has 3 nitrogen and oxygen atoms in total. The fourth-order valence-electron chi connectivity index (χ4n) is 1.86.